The summed E-state index contributed by atoms with van der Waals surface area (Å²) < 4.78 is 14.8. The molecule has 41 heavy (non-hydrogen) atoms. The SMILES string of the molecule is O=c1c2ccccc2oc2cccc(-c3ccc(-n4c5ccncc5c5ccc6c7ccccc7oc6c54)cc3)c12. The summed E-state index contributed by atoms with van der Waals surface area (Å²) in [7, 11) is 0. The van der Waals surface area contributed by atoms with Gasteiger partial charge in [-0.15, -0.1) is 0 Å². The molecule has 9 rings (SSSR count). The van der Waals surface area contributed by atoms with E-state index >= 15 is 0 Å². The molecule has 5 aromatic carbocycles. The highest BCUT2D eigenvalue weighted by atomic mass is 16.3. The van der Waals surface area contributed by atoms with E-state index in [4.69, 9.17) is 8.83 Å². The third-order valence-electron chi connectivity index (χ3n) is 8.11. The zero-order valence-electron chi connectivity index (χ0n) is 21.7. The smallest absolute Gasteiger partial charge is 0.201 e. The fourth-order valence-electron chi connectivity index (χ4n) is 6.27. The van der Waals surface area contributed by atoms with Crippen LogP contribution in [0.4, 0.5) is 0 Å². The molecular formula is C36H20N2O3. The lowest BCUT2D eigenvalue weighted by Crippen LogP contribution is -2.03. The van der Waals surface area contributed by atoms with E-state index in [-0.39, 0.29) is 5.43 Å². The summed E-state index contributed by atoms with van der Waals surface area (Å²) in [5.41, 5.74) is 7.70. The maximum atomic E-state index is 13.5. The molecule has 0 aliphatic carbocycles. The Balaban J connectivity index is 1.30. The Morgan fingerprint density at radius 2 is 1.32 bits per heavy atom. The van der Waals surface area contributed by atoms with Gasteiger partial charge in [-0.05, 0) is 59.7 Å². The minimum absolute atomic E-state index is 0.0244. The molecule has 0 amide bonds. The number of para-hydroxylation sites is 2. The first-order valence-electron chi connectivity index (χ1n) is 13.5. The maximum Gasteiger partial charge on any atom is 0.201 e. The van der Waals surface area contributed by atoms with Gasteiger partial charge in [0.1, 0.15) is 16.7 Å². The zero-order chi connectivity index (χ0) is 27.1. The highest BCUT2D eigenvalue weighted by Crippen LogP contribution is 2.40. The Morgan fingerprint density at radius 1 is 0.585 bits per heavy atom. The molecule has 0 saturated heterocycles. The first kappa shape index (κ1) is 22.2. The summed E-state index contributed by atoms with van der Waals surface area (Å²) >= 11 is 0. The monoisotopic (exact) mass is 528 g/mol. The van der Waals surface area contributed by atoms with Crippen molar-refractivity contribution in [3.63, 3.8) is 0 Å². The second-order valence-corrected chi connectivity index (χ2v) is 10.3. The molecule has 5 nitrogen and oxygen atoms in total. The molecule has 0 radical (unpaired) electrons. The van der Waals surface area contributed by atoms with Crippen molar-refractivity contribution in [3.8, 4) is 16.8 Å². The fourth-order valence-corrected chi connectivity index (χ4v) is 6.27. The van der Waals surface area contributed by atoms with Gasteiger partial charge in [0.15, 0.2) is 5.58 Å². The average molecular weight is 529 g/mol. The predicted octanol–water partition coefficient (Wildman–Crippen LogP) is 9.00. The van der Waals surface area contributed by atoms with Crippen molar-refractivity contribution < 1.29 is 8.83 Å². The summed E-state index contributed by atoms with van der Waals surface area (Å²) in [6.07, 6.45) is 3.73. The molecule has 0 unspecified atom stereocenters. The average Bonchev–Trinajstić information content (AvgIpc) is 3.57. The third kappa shape index (κ3) is 3.06. The van der Waals surface area contributed by atoms with Gasteiger partial charge in [-0.25, -0.2) is 0 Å². The molecule has 0 spiro atoms. The van der Waals surface area contributed by atoms with Crippen LogP contribution in [0.2, 0.25) is 0 Å². The number of aromatic nitrogens is 2. The molecule has 0 atom stereocenters. The van der Waals surface area contributed by atoms with Crippen LogP contribution in [0.15, 0.2) is 135 Å². The molecule has 0 bridgehead atoms. The lowest BCUT2D eigenvalue weighted by molar-refractivity contribution is 0.660. The van der Waals surface area contributed by atoms with E-state index in [1.807, 2.05) is 79.1 Å². The fraction of sp³-hybridized carbons (Fsp3) is 0. The Kier molecular flexibility index (Phi) is 4.41. The van der Waals surface area contributed by atoms with E-state index in [1.54, 1.807) is 0 Å². The molecule has 0 saturated carbocycles. The van der Waals surface area contributed by atoms with Crippen LogP contribution in [0.3, 0.4) is 0 Å². The van der Waals surface area contributed by atoms with E-state index < -0.39 is 0 Å². The Labute approximate surface area is 232 Å². The van der Waals surface area contributed by atoms with Crippen molar-refractivity contribution in [1.82, 2.24) is 9.55 Å². The largest absolute Gasteiger partial charge is 0.456 e. The number of furan rings is 1. The topological polar surface area (TPSA) is 61.2 Å². The number of benzene rings is 5. The lowest BCUT2D eigenvalue weighted by atomic mass is 9.99. The van der Waals surface area contributed by atoms with Crippen molar-refractivity contribution in [2.24, 2.45) is 0 Å². The summed E-state index contributed by atoms with van der Waals surface area (Å²) in [6, 6.07) is 36.0. The third-order valence-corrected chi connectivity index (χ3v) is 8.11. The van der Waals surface area contributed by atoms with Crippen LogP contribution >= 0.6 is 0 Å². The van der Waals surface area contributed by atoms with Gasteiger partial charge in [-0.1, -0.05) is 60.7 Å². The van der Waals surface area contributed by atoms with Crippen LogP contribution in [0.25, 0.3) is 82.5 Å². The molecule has 0 aliphatic rings. The first-order chi connectivity index (χ1) is 20.3. The van der Waals surface area contributed by atoms with Crippen LogP contribution in [0.5, 0.6) is 0 Å². The van der Waals surface area contributed by atoms with Crippen LogP contribution in [0, 0.1) is 0 Å². The van der Waals surface area contributed by atoms with Gasteiger partial charge in [-0.3, -0.25) is 9.78 Å². The van der Waals surface area contributed by atoms with E-state index in [2.05, 4.69) is 52.0 Å². The molecule has 0 N–H and O–H groups in total. The quantitative estimate of drug-likeness (QED) is 0.210. The Morgan fingerprint density at radius 3 is 2.17 bits per heavy atom. The minimum Gasteiger partial charge on any atom is -0.456 e. The number of hydrogen-bond donors (Lipinski definition) is 0. The van der Waals surface area contributed by atoms with Crippen LogP contribution in [0.1, 0.15) is 0 Å². The van der Waals surface area contributed by atoms with Gasteiger partial charge in [0.2, 0.25) is 5.43 Å². The molecule has 4 heterocycles. The van der Waals surface area contributed by atoms with E-state index in [1.165, 1.54) is 0 Å². The Bertz CT molecular complexity index is 2550. The highest BCUT2D eigenvalue weighted by Gasteiger charge is 2.19. The van der Waals surface area contributed by atoms with Gasteiger partial charge in [0, 0.05) is 39.6 Å². The number of nitrogens with zero attached hydrogens (tertiary/aromatic N) is 2. The standard InChI is InChI=1S/C36H20N2O3/c39-35-27-7-2-4-10-31(27)40-32-11-5-8-23(33(32)35)21-12-14-22(15-13-21)38-29-18-19-37-20-28(29)25-16-17-26-24-6-1-3-9-30(24)41-36(26)34(25)38/h1-20H. The number of pyridine rings is 1. The molecule has 5 heteroatoms. The number of hydrogen-bond acceptors (Lipinski definition) is 4. The van der Waals surface area contributed by atoms with Crippen molar-refractivity contribution in [1.29, 1.82) is 0 Å². The van der Waals surface area contributed by atoms with Gasteiger partial charge in [-0.2, -0.15) is 0 Å². The summed E-state index contributed by atoms with van der Waals surface area (Å²) in [5.74, 6) is 0. The normalized spacial score (nSPS) is 12.0. The molecule has 4 aromatic heterocycles. The van der Waals surface area contributed by atoms with E-state index in [9.17, 15) is 4.79 Å². The second kappa shape index (κ2) is 8.16. The first-order valence-corrected chi connectivity index (χ1v) is 13.5. The van der Waals surface area contributed by atoms with Crippen molar-refractivity contribution in [2.75, 3.05) is 0 Å². The zero-order valence-corrected chi connectivity index (χ0v) is 21.7. The predicted molar refractivity (Wildman–Crippen MR) is 165 cm³/mol. The number of rotatable bonds is 2. The molecular weight excluding hydrogens is 508 g/mol. The van der Waals surface area contributed by atoms with Crippen LogP contribution in [-0.2, 0) is 0 Å². The summed E-state index contributed by atoms with van der Waals surface area (Å²) in [4.78, 5) is 18.0. The second-order valence-electron chi connectivity index (χ2n) is 10.3. The molecule has 0 aliphatic heterocycles. The maximum absolute atomic E-state index is 13.5. The van der Waals surface area contributed by atoms with Crippen molar-refractivity contribution in [3.05, 3.63) is 132 Å². The molecule has 192 valence electrons. The summed E-state index contributed by atoms with van der Waals surface area (Å²) in [5, 5.41) is 5.49. The van der Waals surface area contributed by atoms with E-state index in [0.29, 0.717) is 21.9 Å². The molecule has 9 aromatic rings. The lowest BCUT2D eigenvalue weighted by Gasteiger charge is -2.11. The van der Waals surface area contributed by atoms with Crippen molar-refractivity contribution in [2.45, 2.75) is 0 Å². The van der Waals surface area contributed by atoms with Gasteiger partial charge >= 0.3 is 0 Å². The van der Waals surface area contributed by atoms with E-state index in [0.717, 1.165) is 60.6 Å². The van der Waals surface area contributed by atoms with Gasteiger partial charge in [0.25, 0.3) is 0 Å². The number of fused-ring (bicyclic) bond motifs is 9. The van der Waals surface area contributed by atoms with Gasteiger partial charge < -0.3 is 13.4 Å². The Hall–Kier alpha value is -5.68. The highest BCUT2D eigenvalue weighted by molar-refractivity contribution is 6.21. The van der Waals surface area contributed by atoms with Crippen LogP contribution < -0.4 is 5.43 Å². The summed E-state index contributed by atoms with van der Waals surface area (Å²) in [6.45, 7) is 0. The van der Waals surface area contributed by atoms with Crippen LogP contribution in [-0.4, -0.2) is 9.55 Å². The molecule has 0 fully saturated rings. The van der Waals surface area contributed by atoms with Gasteiger partial charge in [0.05, 0.1) is 21.8 Å². The minimum atomic E-state index is -0.0244. The van der Waals surface area contributed by atoms with Crippen molar-refractivity contribution >= 4 is 65.7 Å².